The first-order valence-electron chi connectivity index (χ1n) is 9.56. The fourth-order valence-electron chi connectivity index (χ4n) is 3.53. The van der Waals surface area contributed by atoms with Crippen molar-refractivity contribution in [2.45, 2.75) is 44.7 Å². The molecule has 0 saturated heterocycles. The van der Waals surface area contributed by atoms with Gasteiger partial charge in [0.25, 0.3) is 11.8 Å². The number of nitrogens with zero attached hydrogens (tertiary/aromatic N) is 1. The first-order chi connectivity index (χ1) is 13.1. The molecule has 0 aromatic heterocycles. The highest BCUT2D eigenvalue weighted by molar-refractivity contribution is 6.04. The molecular weight excluding hydrogens is 338 g/mol. The molecule has 0 heterocycles. The van der Waals surface area contributed by atoms with Crippen molar-refractivity contribution in [2.75, 3.05) is 12.4 Å². The molecule has 3 N–H and O–H groups in total. The molecule has 2 aromatic rings. The fraction of sp³-hybridized carbons (Fsp3) is 0.364. The van der Waals surface area contributed by atoms with E-state index in [0.29, 0.717) is 29.4 Å². The maximum Gasteiger partial charge on any atom is 0.255 e. The Morgan fingerprint density at radius 3 is 2.15 bits per heavy atom. The van der Waals surface area contributed by atoms with E-state index in [1.807, 2.05) is 24.1 Å². The van der Waals surface area contributed by atoms with Crippen LogP contribution >= 0.6 is 0 Å². The summed E-state index contributed by atoms with van der Waals surface area (Å²) in [6.07, 6.45) is 5.82. The summed E-state index contributed by atoms with van der Waals surface area (Å²) in [7, 11) is 1.89. The van der Waals surface area contributed by atoms with Gasteiger partial charge in [0.05, 0.1) is 0 Å². The maximum absolute atomic E-state index is 12.7. The van der Waals surface area contributed by atoms with Crippen LogP contribution < -0.4 is 11.1 Å². The Labute approximate surface area is 160 Å². The van der Waals surface area contributed by atoms with E-state index < -0.39 is 0 Å². The first kappa shape index (κ1) is 19.1. The number of rotatable bonds is 5. The van der Waals surface area contributed by atoms with Crippen LogP contribution in [0.3, 0.4) is 0 Å². The highest BCUT2D eigenvalue weighted by Crippen LogP contribution is 2.23. The number of anilines is 1. The van der Waals surface area contributed by atoms with Crippen LogP contribution in [0.15, 0.2) is 48.5 Å². The molecule has 1 saturated carbocycles. The number of hydrogen-bond acceptors (Lipinski definition) is 3. The smallest absolute Gasteiger partial charge is 0.255 e. The van der Waals surface area contributed by atoms with Crippen molar-refractivity contribution in [3.63, 3.8) is 0 Å². The van der Waals surface area contributed by atoms with Gasteiger partial charge < -0.3 is 16.0 Å². The average Bonchev–Trinajstić information content (AvgIpc) is 2.74. The number of amides is 2. The van der Waals surface area contributed by atoms with Gasteiger partial charge >= 0.3 is 0 Å². The molecule has 5 nitrogen and oxygen atoms in total. The number of carbonyl (C=O) groups is 2. The Hall–Kier alpha value is -2.66. The standard InChI is InChI=1S/C22H27N3O2/c1-25(20-5-3-2-4-6-20)22(27)18-11-13-19(14-12-18)24-21(26)17-9-7-16(15-23)8-10-17/h7-14,20H,2-6,15,23H2,1H3,(H,24,26). The largest absolute Gasteiger partial charge is 0.339 e. The second-order valence-corrected chi connectivity index (χ2v) is 7.14. The van der Waals surface area contributed by atoms with Gasteiger partial charge in [0.1, 0.15) is 0 Å². The molecule has 142 valence electrons. The zero-order chi connectivity index (χ0) is 19.2. The molecule has 3 rings (SSSR count). The molecule has 5 heteroatoms. The van der Waals surface area contributed by atoms with Gasteiger partial charge in [-0.3, -0.25) is 9.59 Å². The minimum Gasteiger partial charge on any atom is -0.339 e. The summed E-state index contributed by atoms with van der Waals surface area (Å²) in [5.41, 5.74) is 8.44. The van der Waals surface area contributed by atoms with Crippen LogP contribution in [0.2, 0.25) is 0 Å². The van der Waals surface area contributed by atoms with Crippen molar-refractivity contribution in [3.8, 4) is 0 Å². The molecule has 0 bridgehead atoms. The van der Waals surface area contributed by atoms with Crippen LogP contribution in [0.25, 0.3) is 0 Å². The quantitative estimate of drug-likeness (QED) is 0.846. The second-order valence-electron chi connectivity index (χ2n) is 7.14. The predicted octanol–water partition coefficient (Wildman–Crippen LogP) is 3.80. The third kappa shape index (κ3) is 4.74. The van der Waals surface area contributed by atoms with Crippen molar-refractivity contribution in [3.05, 3.63) is 65.2 Å². The lowest BCUT2D eigenvalue weighted by Gasteiger charge is -2.31. The predicted molar refractivity (Wildman–Crippen MR) is 108 cm³/mol. The molecule has 0 unspecified atom stereocenters. The van der Waals surface area contributed by atoms with Gasteiger partial charge in [-0.05, 0) is 54.8 Å². The van der Waals surface area contributed by atoms with Gasteiger partial charge in [-0.15, -0.1) is 0 Å². The van der Waals surface area contributed by atoms with E-state index in [0.717, 1.165) is 18.4 Å². The van der Waals surface area contributed by atoms with E-state index in [1.54, 1.807) is 36.4 Å². The highest BCUT2D eigenvalue weighted by atomic mass is 16.2. The van der Waals surface area contributed by atoms with Crippen LogP contribution in [-0.2, 0) is 6.54 Å². The van der Waals surface area contributed by atoms with Crippen molar-refractivity contribution < 1.29 is 9.59 Å². The molecule has 27 heavy (non-hydrogen) atoms. The van der Waals surface area contributed by atoms with E-state index in [1.165, 1.54) is 19.3 Å². The van der Waals surface area contributed by atoms with E-state index in [4.69, 9.17) is 5.73 Å². The minimum atomic E-state index is -0.183. The Balaban J connectivity index is 1.62. The van der Waals surface area contributed by atoms with E-state index in [2.05, 4.69) is 5.32 Å². The monoisotopic (exact) mass is 365 g/mol. The summed E-state index contributed by atoms with van der Waals surface area (Å²) in [6, 6.07) is 14.6. The molecule has 2 amide bonds. The molecule has 0 aliphatic heterocycles. The van der Waals surface area contributed by atoms with Gasteiger partial charge in [-0.1, -0.05) is 31.4 Å². The third-order valence-corrected chi connectivity index (χ3v) is 5.28. The lowest BCUT2D eigenvalue weighted by Crippen LogP contribution is -2.38. The minimum absolute atomic E-state index is 0.0390. The van der Waals surface area contributed by atoms with Crippen molar-refractivity contribution in [1.82, 2.24) is 4.90 Å². The van der Waals surface area contributed by atoms with Gasteiger partial charge in [0.2, 0.25) is 0 Å². The SMILES string of the molecule is CN(C(=O)c1ccc(NC(=O)c2ccc(CN)cc2)cc1)C1CCCCC1. The molecule has 0 radical (unpaired) electrons. The summed E-state index contributed by atoms with van der Waals surface area (Å²) in [5.74, 6) is -0.144. The molecule has 0 atom stereocenters. The van der Waals surface area contributed by atoms with Crippen molar-refractivity contribution in [1.29, 1.82) is 0 Å². The fourth-order valence-corrected chi connectivity index (χ4v) is 3.53. The zero-order valence-corrected chi connectivity index (χ0v) is 15.8. The Bertz CT molecular complexity index is 778. The topological polar surface area (TPSA) is 75.4 Å². The number of nitrogens with one attached hydrogen (secondary N) is 1. The van der Waals surface area contributed by atoms with E-state index >= 15 is 0 Å². The summed E-state index contributed by atoms with van der Waals surface area (Å²) in [6.45, 7) is 0.451. The molecule has 2 aromatic carbocycles. The normalized spacial score (nSPS) is 14.6. The average molecular weight is 365 g/mol. The molecule has 1 aliphatic rings. The van der Waals surface area contributed by atoms with Crippen LogP contribution in [0.1, 0.15) is 58.4 Å². The van der Waals surface area contributed by atoms with Crippen LogP contribution in [0.5, 0.6) is 0 Å². The summed E-state index contributed by atoms with van der Waals surface area (Å²) in [4.78, 5) is 26.9. The molecule has 0 spiro atoms. The first-order valence-corrected chi connectivity index (χ1v) is 9.56. The van der Waals surface area contributed by atoms with Crippen LogP contribution in [-0.4, -0.2) is 29.8 Å². The van der Waals surface area contributed by atoms with Gasteiger partial charge in [-0.2, -0.15) is 0 Å². The Morgan fingerprint density at radius 2 is 1.56 bits per heavy atom. The Kier molecular flexibility index (Phi) is 6.24. The zero-order valence-electron chi connectivity index (χ0n) is 15.8. The van der Waals surface area contributed by atoms with Gasteiger partial charge in [0, 0.05) is 36.4 Å². The number of benzene rings is 2. The third-order valence-electron chi connectivity index (χ3n) is 5.28. The van der Waals surface area contributed by atoms with Gasteiger partial charge in [-0.25, -0.2) is 0 Å². The van der Waals surface area contributed by atoms with Crippen molar-refractivity contribution in [2.24, 2.45) is 5.73 Å². The molecule has 1 fully saturated rings. The lowest BCUT2D eigenvalue weighted by atomic mass is 9.94. The Morgan fingerprint density at radius 1 is 0.963 bits per heavy atom. The number of hydrogen-bond donors (Lipinski definition) is 2. The van der Waals surface area contributed by atoms with Crippen molar-refractivity contribution >= 4 is 17.5 Å². The highest BCUT2D eigenvalue weighted by Gasteiger charge is 2.22. The summed E-state index contributed by atoms with van der Waals surface area (Å²) in [5, 5.41) is 2.86. The summed E-state index contributed by atoms with van der Waals surface area (Å²) >= 11 is 0. The molecular formula is C22H27N3O2. The van der Waals surface area contributed by atoms with Crippen LogP contribution in [0.4, 0.5) is 5.69 Å². The lowest BCUT2D eigenvalue weighted by molar-refractivity contribution is 0.0696. The number of carbonyl (C=O) groups excluding carboxylic acids is 2. The maximum atomic E-state index is 12.7. The summed E-state index contributed by atoms with van der Waals surface area (Å²) < 4.78 is 0. The van der Waals surface area contributed by atoms with Gasteiger partial charge in [0.15, 0.2) is 0 Å². The second kappa shape index (κ2) is 8.82. The molecule has 1 aliphatic carbocycles. The van der Waals surface area contributed by atoms with E-state index in [-0.39, 0.29) is 11.8 Å². The van der Waals surface area contributed by atoms with Crippen LogP contribution in [0, 0.1) is 0 Å². The number of nitrogens with two attached hydrogens (primary N) is 1. The van der Waals surface area contributed by atoms with E-state index in [9.17, 15) is 9.59 Å².